The summed E-state index contributed by atoms with van der Waals surface area (Å²) in [5.41, 5.74) is 1.27. The van der Waals surface area contributed by atoms with Crippen molar-refractivity contribution in [2.45, 2.75) is 44.2 Å². The Bertz CT molecular complexity index is 1650. The van der Waals surface area contributed by atoms with Gasteiger partial charge in [0.1, 0.15) is 0 Å². The van der Waals surface area contributed by atoms with Crippen molar-refractivity contribution < 1.29 is 36.2 Å². The van der Waals surface area contributed by atoms with Gasteiger partial charge in [0.05, 0.1) is 34.4 Å². The van der Waals surface area contributed by atoms with Gasteiger partial charge in [-0.1, -0.05) is 69.3 Å². The first kappa shape index (κ1) is 34.2. The van der Waals surface area contributed by atoms with Gasteiger partial charge >= 0.3 is 0 Å². The summed E-state index contributed by atoms with van der Waals surface area (Å²) < 4.78 is 66.9. The van der Waals surface area contributed by atoms with Crippen LogP contribution in [0.1, 0.15) is 26.3 Å². The maximum absolute atomic E-state index is 13.8. The molecule has 3 atom stereocenters. The fourth-order valence-electron chi connectivity index (χ4n) is 4.98. The molecule has 244 valence electrons. The predicted octanol–water partition coefficient (Wildman–Crippen LogP) is 3.25. The highest BCUT2D eigenvalue weighted by Gasteiger charge is 2.34. The molecule has 0 aromatic heterocycles. The standard InChI is InChI=1S/C32H41N3O8S2/c1-23(2)19-35(45(40,41)27-15-16-30-31(18-27)43-22-42-30)20-29(36)28(17-25-11-7-5-8-12-25)33-32(37)24(3)21-44(38,39)34(4)26-13-9-6-10-14-26/h5-16,18,23-24,28-29,36H,17,19-22H2,1-4H3,(H,33,37). The third-order valence-corrected chi connectivity index (χ3v) is 11.3. The minimum Gasteiger partial charge on any atom is -0.454 e. The Balaban J connectivity index is 1.54. The molecule has 3 aromatic carbocycles. The molecule has 1 aliphatic heterocycles. The molecule has 0 radical (unpaired) electrons. The van der Waals surface area contributed by atoms with Gasteiger partial charge in [-0.25, -0.2) is 16.8 Å². The van der Waals surface area contributed by atoms with Gasteiger partial charge in [0.2, 0.25) is 32.7 Å². The topological polar surface area (TPSA) is 143 Å². The zero-order valence-corrected chi connectivity index (χ0v) is 27.5. The number of ether oxygens (including phenoxy) is 2. The van der Waals surface area contributed by atoms with E-state index in [1.807, 2.05) is 44.2 Å². The van der Waals surface area contributed by atoms with Crippen molar-refractivity contribution >= 4 is 31.6 Å². The number of nitrogens with zero attached hydrogens (tertiary/aromatic N) is 2. The first-order valence-electron chi connectivity index (χ1n) is 14.7. The maximum atomic E-state index is 13.8. The fraction of sp³-hybridized carbons (Fsp3) is 0.406. The molecule has 0 saturated heterocycles. The minimum atomic E-state index is -4.08. The molecule has 0 bridgehead atoms. The lowest BCUT2D eigenvalue weighted by molar-refractivity contribution is -0.125. The van der Waals surface area contributed by atoms with Crippen LogP contribution >= 0.6 is 0 Å². The Morgan fingerprint density at radius 2 is 1.51 bits per heavy atom. The van der Waals surface area contributed by atoms with Gasteiger partial charge in [0, 0.05) is 26.2 Å². The number of anilines is 1. The number of aliphatic hydroxyl groups is 1. The molecular weight excluding hydrogens is 618 g/mol. The quantitative estimate of drug-likeness (QED) is 0.253. The number of hydrogen-bond donors (Lipinski definition) is 2. The number of fused-ring (bicyclic) bond motifs is 1. The molecule has 0 saturated carbocycles. The second-order valence-electron chi connectivity index (χ2n) is 11.6. The van der Waals surface area contributed by atoms with Crippen molar-refractivity contribution in [3.05, 3.63) is 84.4 Å². The van der Waals surface area contributed by atoms with Crippen molar-refractivity contribution in [3.63, 3.8) is 0 Å². The number of sulfonamides is 2. The molecular formula is C32H41N3O8S2. The molecule has 0 aliphatic carbocycles. The number of rotatable bonds is 15. The second-order valence-corrected chi connectivity index (χ2v) is 15.6. The van der Waals surface area contributed by atoms with Crippen LogP contribution in [0.4, 0.5) is 5.69 Å². The Kier molecular flexibility index (Phi) is 11.1. The lowest BCUT2D eigenvalue weighted by Gasteiger charge is -2.31. The fourth-order valence-corrected chi connectivity index (χ4v) is 8.07. The molecule has 45 heavy (non-hydrogen) atoms. The number of para-hydroxylation sites is 1. The van der Waals surface area contributed by atoms with Gasteiger partial charge < -0.3 is 19.9 Å². The highest BCUT2D eigenvalue weighted by atomic mass is 32.2. The third-order valence-electron chi connectivity index (χ3n) is 7.48. The molecule has 13 heteroatoms. The number of hydrogen-bond acceptors (Lipinski definition) is 8. The second kappa shape index (κ2) is 14.6. The summed E-state index contributed by atoms with van der Waals surface area (Å²) in [4.78, 5) is 13.4. The van der Waals surface area contributed by atoms with E-state index >= 15 is 0 Å². The molecule has 4 rings (SSSR count). The van der Waals surface area contributed by atoms with Crippen molar-refractivity contribution in [1.82, 2.24) is 9.62 Å². The monoisotopic (exact) mass is 659 g/mol. The number of aliphatic hydroxyl groups excluding tert-OH is 1. The maximum Gasteiger partial charge on any atom is 0.243 e. The van der Waals surface area contributed by atoms with Crippen LogP contribution in [0.25, 0.3) is 0 Å². The molecule has 3 unspecified atom stereocenters. The van der Waals surface area contributed by atoms with Crippen LogP contribution in [0.15, 0.2) is 83.8 Å². The molecule has 11 nitrogen and oxygen atoms in total. The summed E-state index contributed by atoms with van der Waals surface area (Å²) >= 11 is 0. The minimum absolute atomic E-state index is 0.00358. The molecule has 0 fully saturated rings. The zero-order chi connectivity index (χ0) is 32.8. The summed E-state index contributed by atoms with van der Waals surface area (Å²) in [5, 5.41) is 14.3. The number of carbonyl (C=O) groups excluding carboxylic acids is 1. The van der Waals surface area contributed by atoms with Gasteiger partial charge in [-0.2, -0.15) is 4.31 Å². The molecule has 1 amide bonds. The van der Waals surface area contributed by atoms with Gasteiger partial charge in [-0.3, -0.25) is 9.10 Å². The van der Waals surface area contributed by atoms with E-state index in [4.69, 9.17) is 9.47 Å². The van der Waals surface area contributed by atoms with E-state index in [2.05, 4.69) is 5.32 Å². The Morgan fingerprint density at radius 3 is 2.16 bits per heavy atom. The highest BCUT2D eigenvalue weighted by molar-refractivity contribution is 7.92. The third kappa shape index (κ3) is 8.75. The van der Waals surface area contributed by atoms with Crippen molar-refractivity contribution in [3.8, 4) is 11.5 Å². The number of amides is 1. The predicted molar refractivity (Wildman–Crippen MR) is 172 cm³/mol. The van der Waals surface area contributed by atoms with Gasteiger partial charge in [-0.05, 0) is 42.2 Å². The lowest BCUT2D eigenvalue weighted by Crippen LogP contribution is -2.52. The first-order valence-corrected chi connectivity index (χ1v) is 17.8. The van der Waals surface area contributed by atoms with E-state index in [-0.39, 0.29) is 37.1 Å². The van der Waals surface area contributed by atoms with Crippen LogP contribution in [0.2, 0.25) is 0 Å². The normalized spacial score (nSPS) is 15.1. The van der Waals surface area contributed by atoms with Crippen molar-refractivity contribution in [1.29, 1.82) is 0 Å². The number of carbonyl (C=O) groups is 1. The van der Waals surface area contributed by atoms with Crippen LogP contribution < -0.4 is 19.1 Å². The van der Waals surface area contributed by atoms with Crippen LogP contribution in [0, 0.1) is 11.8 Å². The molecule has 1 heterocycles. The number of nitrogens with one attached hydrogen (secondary N) is 1. The molecule has 1 aliphatic rings. The molecule has 0 spiro atoms. The van der Waals surface area contributed by atoms with E-state index in [0.29, 0.717) is 17.2 Å². The molecule has 3 aromatic rings. The van der Waals surface area contributed by atoms with Crippen LogP contribution in [0.3, 0.4) is 0 Å². The van der Waals surface area contributed by atoms with E-state index in [0.717, 1.165) is 9.87 Å². The Labute approximate surface area is 265 Å². The van der Waals surface area contributed by atoms with Crippen LogP contribution in [0.5, 0.6) is 11.5 Å². The van der Waals surface area contributed by atoms with E-state index in [1.165, 1.54) is 36.5 Å². The average Bonchev–Trinajstić information content (AvgIpc) is 3.48. The number of benzene rings is 3. The summed E-state index contributed by atoms with van der Waals surface area (Å²) in [7, 11) is -6.51. The molecule has 2 N–H and O–H groups in total. The largest absolute Gasteiger partial charge is 0.454 e. The van der Waals surface area contributed by atoms with Gasteiger partial charge in [0.15, 0.2) is 11.5 Å². The highest BCUT2D eigenvalue weighted by Crippen LogP contribution is 2.35. The average molecular weight is 660 g/mol. The Hall–Kier alpha value is -3.65. The zero-order valence-electron chi connectivity index (χ0n) is 25.9. The SMILES string of the molecule is CC(C)CN(CC(O)C(Cc1ccccc1)NC(=O)C(C)CS(=O)(=O)N(C)c1ccccc1)S(=O)(=O)c1ccc2c(c1)OCO2. The first-order chi connectivity index (χ1) is 21.3. The summed E-state index contributed by atoms with van der Waals surface area (Å²) in [6, 6.07) is 21.2. The van der Waals surface area contributed by atoms with E-state index < -0.39 is 49.8 Å². The summed E-state index contributed by atoms with van der Waals surface area (Å²) in [6.45, 7) is 5.04. The summed E-state index contributed by atoms with van der Waals surface area (Å²) in [6.07, 6.45) is -1.14. The van der Waals surface area contributed by atoms with E-state index in [9.17, 15) is 26.7 Å². The lowest BCUT2D eigenvalue weighted by atomic mass is 10.00. The van der Waals surface area contributed by atoms with Crippen molar-refractivity contribution in [2.75, 3.05) is 37.0 Å². The summed E-state index contributed by atoms with van der Waals surface area (Å²) in [5.74, 6) is -1.31. The van der Waals surface area contributed by atoms with Crippen LogP contribution in [-0.4, -0.2) is 77.0 Å². The van der Waals surface area contributed by atoms with Crippen LogP contribution in [-0.2, 0) is 31.3 Å². The van der Waals surface area contributed by atoms with E-state index in [1.54, 1.807) is 30.3 Å². The van der Waals surface area contributed by atoms with Crippen molar-refractivity contribution in [2.24, 2.45) is 11.8 Å². The smallest absolute Gasteiger partial charge is 0.243 e. The van der Waals surface area contributed by atoms with Gasteiger partial charge in [-0.15, -0.1) is 0 Å². The van der Waals surface area contributed by atoms with Gasteiger partial charge in [0.25, 0.3) is 0 Å². The Morgan fingerprint density at radius 1 is 0.889 bits per heavy atom.